The minimum absolute atomic E-state index is 0. The summed E-state index contributed by atoms with van der Waals surface area (Å²) in [6.07, 6.45) is -2.08. The third-order valence-corrected chi connectivity index (χ3v) is 2.15. The fraction of sp³-hybridized carbons (Fsp3) is 0.357. The van der Waals surface area contributed by atoms with Gasteiger partial charge in [0.1, 0.15) is 0 Å². The van der Waals surface area contributed by atoms with Crippen LogP contribution < -0.4 is 0 Å². The highest BCUT2D eigenvalue weighted by Crippen LogP contribution is 2.19. The number of hydrogen-bond donors (Lipinski definition) is 0. The zero-order chi connectivity index (χ0) is 12.7. The molecule has 1 rings (SSSR count). The molecule has 1 aromatic rings. The normalized spacial score (nSPS) is 11.3. The lowest BCUT2D eigenvalue weighted by Gasteiger charge is -2.00. The van der Waals surface area contributed by atoms with Gasteiger partial charge in [-0.25, -0.2) is 0 Å². The quantitative estimate of drug-likeness (QED) is 0.548. The van der Waals surface area contributed by atoms with Crippen molar-refractivity contribution in [3.05, 3.63) is 48.0 Å². The van der Waals surface area contributed by atoms with E-state index in [-0.39, 0.29) is 19.6 Å². The standard InChI is InChI=1S/C13H13F3O.CH4/c14-13(15,16)10-6-2-5-9-12(17)11-7-3-1-4-8-11;/h1-4,6-8H,5,9-10H2;1H4. The fourth-order valence-electron chi connectivity index (χ4n) is 1.32. The van der Waals surface area contributed by atoms with E-state index in [4.69, 9.17) is 0 Å². The Balaban J connectivity index is 0.00000289. The number of Topliss-reactive ketones (excluding diaryl/α,β-unsaturated/α-hetero) is 1. The number of rotatable bonds is 5. The molecule has 0 unspecified atom stereocenters. The van der Waals surface area contributed by atoms with Crippen LogP contribution in [-0.4, -0.2) is 12.0 Å². The minimum Gasteiger partial charge on any atom is -0.294 e. The van der Waals surface area contributed by atoms with E-state index in [1.807, 2.05) is 0 Å². The summed E-state index contributed by atoms with van der Waals surface area (Å²) in [4.78, 5) is 11.5. The van der Waals surface area contributed by atoms with Gasteiger partial charge in [-0.3, -0.25) is 4.79 Å². The van der Waals surface area contributed by atoms with Gasteiger partial charge in [0, 0.05) is 12.0 Å². The van der Waals surface area contributed by atoms with E-state index >= 15 is 0 Å². The van der Waals surface area contributed by atoms with Gasteiger partial charge in [-0.2, -0.15) is 13.2 Å². The molecule has 18 heavy (non-hydrogen) atoms. The van der Waals surface area contributed by atoms with Crippen molar-refractivity contribution >= 4 is 5.78 Å². The zero-order valence-electron chi connectivity index (χ0n) is 9.20. The molecule has 0 atom stereocenters. The number of hydrogen-bond acceptors (Lipinski definition) is 1. The Morgan fingerprint density at radius 2 is 1.72 bits per heavy atom. The second-order valence-electron chi connectivity index (χ2n) is 3.62. The summed E-state index contributed by atoms with van der Waals surface area (Å²) in [7, 11) is 0. The summed E-state index contributed by atoms with van der Waals surface area (Å²) in [5, 5.41) is 0. The molecule has 0 radical (unpaired) electrons. The Bertz CT molecular complexity index is 380. The summed E-state index contributed by atoms with van der Waals surface area (Å²) in [6.45, 7) is 0. The molecular weight excluding hydrogens is 241 g/mol. The molecule has 0 amide bonds. The lowest BCUT2D eigenvalue weighted by molar-refractivity contribution is -0.125. The van der Waals surface area contributed by atoms with Crippen molar-refractivity contribution < 1.29 is 18.0 Å². The molecule has 0 saturated heterocycles. The van der Waals surface area contributed by atoms with Crippen LogP contribution in [0.5, 0.6) is 0 Å². The van der Waals surface area contributed by atoms with Crippen LogP contribution >= 0.6 is 0 Å². The van der Waals surface area contributed by atoms with Crippen LogP contribution in [-0.2, 0) is 0 Å². The van der Waals surface area contributed by atoms with E-state index < -0.39 is 12.6 Å². The first kappa shape index (κ1) is 16.4. The monoisotopic (exact) mass is 258 g/mol. The maximum absolute atomic E-state index is 11.8. The minimum atomic E-state index is -4.17. The molecule has 4 heteroatoms. The van der Waals surface area contributed by atoms with Crippen molar-refractivity contribution in [2.75, 3.05) is 0 Å². The van der Waals surface area contributed by atoms with E-state index in [1.165, 1.54) is 6.08 Å². The number of carbonyl (C=O) groups excluding carboxylic acids is 1. The van der Waals surface area contributed by atoms with Crippen LogP contribution in [0.25, 0.3) is 0 Å². The van der Waals surface area contributed by atoms with Crippen LogP contribution in [0, 0.1) is 0 Å². The molecule has 0 aromatic heterocycles. The first-order valence-corrected chi connectivity index (χ1v) is 5.29. The number of carbonyl (C=O) groups is 1. The Kier molecular flexibility index (Phi) is 7.01. The Labute approximate surface area is 105 Å². The molecule has 0 N–H and O–H groups in total. The summed E-state index contributed by atoms with van der Waals surface area (Å²) in [5.41, 5.74) is 0.594. The lowest BCUT2D eigenvalue weighted by Crippen LogP contribution is -2.04. The zero-order valence-corrected chi connectivity index (χ0v) is 9.20. The third-order valence-electron chi connectivity index (χ3n) is 2.15. The lowest BCUT2D eigenvalue weighted by atomic mass is 10.1. The van der Waals surface area contributed by atoms with E-state index in [0.29, 0.717) is 12.0 Å². The van der Waals surface area contributed by atoms with E-state index in [9.17, 15) is 18.0 Å². The SMILES string of the molecule is C.O=C(CCC=CCC(F)(F)F)c1ccccc1. The van der Waals surface area contributed by atoms with Crippen molar-refractivity contribution in [1.82, 2.24) is 0 Å². The number of ketones is 1. The Morgan fingerprint density at radius 3 is 2.28 bits per heavy atom. The molecule has 1 nitrogen and oxygen atoms in total. The third kappa shape index (κ3) is 6.89. The van der Waals surface area contributed by atoms with Gasteiger partial charge in [-0.1, -0.05) is 49.9 Å². The Hall–Kier alpha value is -1.58. The molecule has 1 aromatic carbocycles. The summed E-state index contributed by atoms with van der Waals surface area (Å²) >= 11 is 0. The van der Waals surface area contributed by atoms with Crippen molar-refractivity contribution in [1.29, 1.82) is 0 Å². The second kappa shape index (κ2) is 7.69. The second-order valence-corrected chi connectivity index (χ2v) is 3.62. The molecule has 100 valence electrons. The van der Waals surface area contributed by atoms with Crippen molar-refractivity contribution in [2.45, 2.75) is 32.9 Å². The van der Waals surface area contributed by atoms with E-state index in [2.05, 4.69) is 0 Å². The predicted molar refractivity (Wildman–Crippen MR) is 66.5 cm³/mol. The molecule has 0 heterocycles. The van der Waals surface area contributed by atoms with Crippen molar-refractivity contribution in [2.24, 2.45) is 0 Å². The summed E-state index contributed by atoms with van der Waals surface area (Å²) < 4.78 is 35.4. The highest BCUT2D eigenvalue weighted by Gasteiger charge is 2.24. The van der Waals surface area contributed by atoms with Crippen molar-refractivity contribution in [3.8, 4) is 0 Å². The van der Waals surface area contributed by atoms with Crippen LogP contribution in [0.2, 0.25) is 0 Å². The average molecular weight is 258 g/mol. The summed E-state index contributed by atoms with van der Waals surface area (Å²) in [6, 6.07) is 8.71. The molecule has 0 bridgehead atoms. The molecule has 0 spiro atoms. The number of benzene rings is 1. The fourth-order valence-corrected chi connectivity index (χ4v) is 1.32. The Morgan fingerprint density at radius 1 is 1.11 bits per heavy atom. The van der Waals surface area contributed by atoms with E-state index in [0.717, 1.165) is 6.08 Å². The molecule has 0 saturated carbocycles. The maximum atomic E-state index is 11.8. The predicted octanol–water partition coefficient (Wildman–Crippen LogP) is 4.79. The highest BCUT2D eigenvalue weighted by molar-refractivity contribution is 5.96. The van der Waals surface area contributed by atoms with Gasteiger partial charge in [0.15, 0.2) is 5.78 Å². The van der Waals surface area contributed by atoms with Gasteiger partial charge >= 0.3 is 6.18 Å². The topological polar surface area (TPSA) is 17.1 Å². The molecule has 0 aliphatic carbocycles. The van der Waals surface area contributed by atoms with Gasteiger partial charge in [0.25, 0.3) is 0 Å². The maximum Gasteiger partial charge on any atom is 0.392 e. The largest absolute Gasteiger partial charge is 0.392 e. The van der Waals surface area contributed by atoms with Gasteiger partial charge in [-0.15, -0.1) is 0 Å². The molecule has 0 aliphatic rings. The highest BCUT2D eigenvalue weighted by atomic mass is 19.4. The average Bonchev–Trinajstić information content (AvgIpc) is 2.28. The first-order chi connectivity index (χ1) is 7.99. The van der Waals surface area contributed by atoms with Crippen LogP contribution in [0.3, 0.4) is 0 Å². The van der Waals surface area contributed by atoms with Crippen molar-refractivity contribution in [3.63, 3.8) is 0 Å². The number of allylic oxidation sites excluding steroid dienone is 2. The van der Waals surface area contributed by atoms with E-state index in [1.54, 1.807) is 30.3 Å². The number of halogens is 3. The molecule has 0 fully saturated rings. The number of alkyl halides is 3. The molecule has 0 aliphatic heterocycles. The van der Waals surface area contributed by atoms with Gasteiger partial charge in [0.2, 0.25) is 0 Å². The first-order valence-electron chi connectivity index (χ1n) is 5.29. The van der Waals surface area contributed by atoms with Gasteiger partial charge in [0.05, 0.1) is 6.42 Å². The van der Waals surface area contributed by atoms with Crippen LogP contribution in [0.4, 0.5) is 13.2 Å². The summed E-state index contributed by atoms with van der Waals surface area (Å²) in [5.74, 6) is -0.0535. The smallest absolute Gasteiger partial charge is 0.294 e. The van der Waals surface area contributed by atoms with Crippen LogP contribution in [0.15, 0.2) is 42.5 Å². The van der Waals surface area contributed by atoms with Crippen LogP contribution in [0.1, 0.15) is 37.0 Å². The van der Waals surface area contributed by atoms with Gasteiger partial charge < -0.3 is 0 Å². The molecular formula is C14H17F3O. The van der Waals surface area contributed by atoms with Gasteiger partial charge in [-0.05, 0) is 6.42 Å².